The largest absolute Gasteiger partial charge is 0.495 e. The van der Waals surface area contributed by atoms with Gasteiger partial charge in [0.1, 0.15) is 63.4 Å². The highest BCUT2D eigenvalue weighted by molar-refractivity contribution is 7.59. The van der Waals surface area contributed by atoms with Crippen LogP contribution in [-0.4, -0.2) is 113 Å². The number of halogens is 3. The van der Waals surface area contributed by atoms with E-state index >= 15 is 0 Å². The molecule has 8 rings (SSSR count). The third-order valence-corrected chi connectivity index (χ3v) is 16.1. The van der Waals surface area contributed by atoms with E-state index in [0.29, 0.717) is 51.8 Å². The van der Waals surface area contributed by atoms with Gasteiger partial charge in [0, 0.05) is 41.5 Å². The van der Waals surface area contributed by atoms with Crippen LogP contribution in [0.25, 0.3) is 22.3 Å². The van der Waals surface area contributed by atoms with Crippen molar-refractivity contribution >= 4 is 64.2 Å². The van der Waals surface area contributed by atoms with E-state index < -0.39 is 78.0 Å². The van der Waals surface area contributed by atoms with Gasteiger partial charge in [-0.1, -0.05) is 17.7 Å². The molecule has 65 heavy (non-hydrogen) atoms. The molecule has 0 bridgehead atoms. The molecule has 2 aliphatic carbocycles. The highest BCUT2D eigenvalue weighted by Gasteiger charge is 2.66. The first kappa shape index (κ1) is 46.9. The van der Waals surface area contributed by atoms with Crippen LogP contribution in [0.4, 0.5) is 18.7 Å². The number of hydrogen-bond acceptors (Lipinski definition) is 13. The number of aromatic nitrogens is 2. The summed E-state index contributed by atoms with van der Waals surface area (Å²) < 4.78 is 73.8. The summed E-state index contributed by atoms with van der Waals surface area (Å²) in [6.07, 6.45) is 0.443. The van der Waals surface area contributed by atoms with E-state index in [4.69, 9.17) is 45.3 Å². The van der Waals surface area contributed by atoms with Gasteiger partial charge in [0.05, 0.1) is 50.8 Å². The summed E-state index contributed by atoms with van der Waals surface area (Å²) >= 11 is 8.24. The van der Waals surface area contributed by atoms with Crippen molar-refractivity contribution in [3.05, 3.63) is 64.0 Å². The van der Waals surface area contributed by atoms with Gasteiger partial charge in [-0.2, -0.15) is 0 Å². The molecule has 2 saturated heterocycles. The lowest BCUT2D eigenvalue weighted by Gasteiger charge is -2.31. The van der Waals surface area contributed by atoms with Crippen molar-refractivity contribution in [1.82, 2.24) is 25.5 Å². The van der Waals surface area contributed by atoms with E-state index in [-0.39, 0.29) is 69.4 Å². The first-order chi connectivity index (χ1) is 31.2. The monoisotopic (exact) mass is 960 g/mol. The Labute approximate surface area is 383 Å². The minimum absolute atomic E-state index is 0.0151. The maximum Gasteiger partial charge on any atom is 0.408 e. The topological polar surface area (TPSA) is 200 Å². The number of anilines is 1. The zero-order chi connectivity index (χ0) is 46.0. The Morgan fingerprint density at radius 1 is 1.06 bits per heavy atom. The van der Waals surface area contributed by atoms with Gasteiger partial charge in [0.25, 0.3) is 0 Å². The second-order valence-electron chi connectivity index (χ2n) is 17.2. The van der Waals surface area contributed by atoms with Gasteiger partial charge in [-0.3, -0.25) is 14.2 Å². The second-order valence-corrected chi connectivity index (χ2v) is 20.9. The molecule has 3 amide bonds. The summed E-state index contributed by atoms with van der Waals surface area (Å²) in [4.78, 5) is 65.4. The molecule has 21 heteroatoms. The molecule has 350 valence electrons. The van der Waals surface area contributed by atoms with Crippen LogP contribution in [0, 0.1) is 17.6 Å². The predicted octanol–water partition coefficient (Wildman–Crippen LogP) is 7.24. The fraction of sp³-hybridized carbons (Fsp3) is 0.523. The summed E-state index contributed by atoms with van der Waals surface area (Å²) in [5.74, 6) is -3.40. The number of benzene rings is 2. The minimum Gasteiger partial charge on any atom is -0.495 e. The number of ether oxygens (including phenoxy) is 5. The first-order valence-corrected chi connectivity index (χ1v) is 24.8. The Kier molecular flexibility index (Phi) is 14.2. The quantitative estimate of drug-likeness (QED) is 0.110. The van der Waals surface area contributed by atoms with E-state index in [2.05, 4.69) is 16.0 Å². The lowest BCUT2D eigenvalue weighted by molar-refractivity contribution is -0.141. The van der Waals surface area contributed by atoms with Crippen LogP contribution < -0.4 is 25.4 Å². The number of pyridine rings is 1. The van der Waals surface area contributed by atoms with Crippen molar-refractivity contribution < 1.29 is 56.3 Å². The number of hydrogen-bond donors (Lipinski definition) is 4. The van der Waals surface area contributed by atoms with Crippen LogP contribution >= 0.6 is 30.3 Å². The maximum atomic E-state index is 14.9. The van der Waals surface area contributed by atoms with Gasteiger partial charge in [0.15, 0.2) is 5.13 Å². The summed E-state index contributed by atoms with van der Waals surface area (Å²) in [5, 5.41) is 10.2. The van der Waals surface area contributed by atoms with Crippen molar-refractivity contribution in [3.8, 4) is 22.9 Å². The van der Waals surface area contributed by atoms with Crippen molar-refractivity contribution in [2.24, 2.45) is 5.92 Å². The highest BCUT2D eigenvalue weighted by Crippen LogP contribution is 2.71. The van der Waals surface area contributed by atoms with Gasteiger partial charge < -0.3 is 49.4 Å². The second kappa shape index (κ2) is 19.7. The SMILES string of the molecule is COc1ccc2c(O[C@@H]3C[C@H]4C(=O)N[C@]5(P(=O)(O)Cc6c(F)cccc6F)C[C@H]5CCOCCOC[C@H](NC(=O)OC5CCCC5)C(=O)N4C3)cc(-c3csc(NC(C)C)n3)nc2c1Cl. The number of fused-ring (bicyclic) bond motifs is 3. The van der Waals surface area contributed by atoms with E-state index in [1.54, 1.807) is 18.2 Å². The molecule has 4 aliphatic rings. The molecular weight excluding hydrogens is 909 g/mol. The van der Waals surface area contributed by atoms with E-state index in [0.717, 1.165) is 31.0 Å². The molecule has 16 nitrogen and oxygen atoms in total. The van der Waals surface area contributed by atoms with Crippen molar-refractivity contribution in [2.45, 2.75) is 101 Å². The van der Waals surface area contributed by atoms with Gasteiger partial charge >= 0.3 is 6.09 Å². The maximum absolute atomic E-state index is 14.9. The Morgan fingerprint density at radius 2 is 1.82 bits per heavy atom. The van der Waals surface area contributed by atoms with Gasteiger partial charge in [-0.25, -0.2) is 23.5 Å². The van der Waals surface area contributed by atoms with Crippen molar-refractivity contribution in [1.29, 1.82) is 0 Å². The van der Waals surface area contributed by atoms with Crippen molar-refractivity contribution in [2.75, 3.05) is 45.4 Å². The lowest BCUT2D eigenvalue weighted by atomic mass is 10.1. The first-order valence-electron chi connectivity index (χ1n) is 21.7. The Hall–Kier alpha value is -4.65. The molecular formula is C44H52ClF2N6O10PS. The Balaban J connectivity index is 1.14. The number of thiazole rings is 1. The molecule has 2 saturated carbocycles. The molecule has 0 spiro atoms. The number of nitrogens with zero attached hydrogens (tertiary/aromatic N) is 3. The summed E-state index contributed by atoms with van der Waals surface area (Å²) in [7, 11) is -3.16. The molecule has 4 N–H and O–H groups in total. The minimum atomic E-state index is -4.64. The normalized spacial score (nSPS) is 25.2. The third-order valence-electron chi connectivity index (χ3n) is 12.3. The Morgan fingerprint density at radius 3 is 2.55 bits per heavy atom. The molecule has 1 unspecified atom stereocenters. The van der Waals surface area contributed by atoms with E-state index in [1.165, 1.54) is 23.3 Å². The summed E-state index contributed by atoms with van der Waals surface area (Å²) in [6, 6.07) is 5.74. The summed E-state index contributed by atoms with van der Waals surface area (Å²) in [6.45, 7) is 3.77. The predicted molar refractivity (Wildman–Crippen MR) is 238 cm³/mol. The van der Waals surface area contributed by atoms with Crippen molar-refractivity contribution in [3.63, 3.8) is 0 Å². The number of alkyl carbamates (subject to hydrolysis) is 1. The molecule has 4 fully saturated rings. The van der Waals surface area contributed by atoms with Gasteiger partial charge in [0.2, 0.25) is 19.2 Å². The average Bonchev–Trinajstić information content (AvgIpc) is 3.68. The van der Waals surface area contributed by atoms with Gasteiger partial charge in [-0.05, 0) is 82.6 Å². The summed E-state index contributed by atoms with van der Waals surface area (Å²) in [5.41, 5.74) is 0.738. The fourth-order valence-electron chi connectivity index (χ4n) is 8.87. The zero-order valence-corrected chi connectivity index (χ0v) is 38.6. The molecule has 2 aliphatic heterocycles. The molecule has 6 atom stereocenters. The smallest absolute Gasteiger partial charge is 0.408 e. The number of carbonyl (C=O) groups excluding carboxylic acids is 3. The van der Waals surface area contributed by atoms with Gasteiger partial charge in [-0.15, -0.1) is 11.3 Å². The highest BCUT2D eigenvalue weighted by atomic mass is 35.5. The number of amides is 3. The molecule has 2 aromatic heterocycles. The van der Waals surface area contributed by atoms with E-state index in [9.17, 15) is 32.6 Å². The zero-order valence-electron chi connectivity index (χ0n) is 36.2. The average molecular weight is 961 g/mol. The van der Waals surface area contributed by atoms with Crippen LogP contribution in [0.2, 0.25) is 5.02 Å². The molecule has 4 heterocycles. The van der Waals surface area contributed by atoms with Crippen LogP contribution in [0.3, 0.4) is 0 Å². The Bertz CT molecular complexity index is 2460. The number of rotatable bonds is 11. The van der Waals surface area contributed by atoms with Crippen LogP contribution in [-0.2, 0) is 34.5 Å². The number of nitrogens with one attached hydrogen (secondary N) is 3. The van der Waals surface area contributed by atoms with E-state index in [1.807, 2.05) is 19.2 Å². The standard InChI is InChI=1S/C44H52ClF2N6O10PS/c1-24(2)48-42-50-34(23-65-42)32-18-37(28-11-12-36(59-3)38(45)39(28)49-32)62-27-17-35-40(54)52-44(64(57,58)22-29-30(46)9-6-10-31(29)47)19-25(44)13-14-60-15-16-61-21-33(41(55)53(35)20-27)51-43(56)63-26-7-4-5-8-26/h6,9-12,18,23-27,33,35H,4-5,7-8,13-17,19-22H2,1-3H3,(H,48,50)(H,51,56)(H,52,54)(H,57,58)/t25-,27-,33+,35+,44+/m1/s1. The third kappa shape index (κ3) is 10.2. The fourth-order valence-corrected chi connectivity index (χ4v) is 12.5. The molecule has 0 radical (unpaired) electrons. The van der Waals surface area contributed by atoms with Crippen LogP contribution in [0.15, 0.2) is 41.8 Å². The van der Waals surface area contributed by atoms with Crippen LogP contribution in [0.1, 0.15) is 64.4 Å². The molecule has 2 aromatic carbocycles. The lowest BCUT2D eigenvalue weighted by Crippen LogP contribution is -2.56. The number of methoxy groups -OCH3 is 1. The molecule has 4 aromatic rings. The van der Waals surface area contributed by atoms with Crippen LogP contribution in [0.5, 0.6) is 11.5 Å². The number of carbonyl (C=O) groups is 3.